The SMILES string of the molecule is O=C(c1ccc(O)c(Cl)c1)N1CCC[C@@H]1c1ccncc1. The van der Waals surface area contributed by atoms with Gasteiger partial charge in [-0.2, -0.15) is 0 Å². The zero-order valence-electron chi connectivity index (χ0n) is 11.4. The number of nitrogens with zero attached hydrogens (tertiary/aromatic N) is 2. The summed E-state index contributed by atoms with van der Waals surface area (Å²) in [5.41, 5.74) is 1.60. The monoisotopic (exact) mass is 302 g/mol. The fraction of sp³-hybridized carbons (Fsp3) is 0.250. The fourth-order valence-electron chi connectivity index (χ4n) is 2.75. The highest BCUT2D eigenvalue weighted by Crippen LogP contribution is 2.33. The quantitative estimate of drug-likeness (QED) is 0.925. The van der Waals surface area contributed by atoms with Crippen molar-refractivity contribution in [3.8, 4) is 5.75 Å². The van der Waals surface area contributed by atoms with Crippen molar-refractivity contribution in [3.05, 3.63) is 58.9 Å². The maximum Gasteiger partial charge on any atom is 0.254 e. The molecule has 4 nitrogen and oxygen atoms in total. The lowest BCUT2D eigenvalue weighted by Crippen LogP contribution is -2.30. The maximum absolute atomic E-state index is 12.7. The Balaban J connectivity index is 1.88. The summed E-state index contributed by atoms with van der Waals surface area (Å²) < 4.78 is 0. The van der Waals surface area contributed by atoms with Gasteiger partial charge in [0.25, 0.3) is 5.91 Å². The Morgan fingerprint density at radius 2 is 2.05 bits per heavy atom. The fourth-order valence-corrected chi connectivity index (χ4v) is 2.93. The number of hydrogen-bond donors (Lipinski definition) is 1. The lowest BCUT2D eigenvalue weighted by atomic mass is 10.1. The van der Waals surface area contributed by atoms with Crippen molar-refractivity contribution in [2.75, 3.05) is 6.54 Å². The average Bonchev–Trinajstić information content (AvgIpc) is 2.99. The number of phenolic OH excluding ortho intramolecular Hbond substituents is 1. The van der Waals surface area contributed by atoms with Crippen LogP contribution in [-0.2, 0) is 0 Å². The standard InChI is InChI=1S/C16H15ClN2O2/c17-13-10-12(3-4-15(13)20)16(21)19-9-1-2-14(19)11-5-7-18-8-6-11/h3-8,10,14,20H,1-2,9H2/t14-/m1/s1. The molecule has 5 heteroatoms. The molecule has 1 amide bonds. The summed E-state index contributed by atoms with van der Waals surface area (Å²) in [6, 6.07) is 8.54. The molecule has 1 fully saturated rings. The van der Waals surface area contributed by atoms with Crippen molar-refractivity contribution in [2.24, 2.45) is 0 Å². The normalized spacial score (nSPS) is 18.0. The summed E-state index contributed by atoms with van der Waals surface area (Å²) >= 11 is 5.89. The molecule has 108 valence electrons. The Morgan fingerprint density at radius 1 is 1.29 bits per heavy atom. The van der Waals surface area contributed by atoms with Crippen LogP contribution in [0.4, 0.5) is 0 Å². The Bertz CT molecular complexity index is 661. The number of benzene rings is 1. The van der Waals surface area contributed by atoms with E-state index in [2.05, 4.69) is 4.98 Å². The van der Waals surface area contributed by atoms with Gasteiger partial charge in [-0.05, 0) is 48.7 Å². The predicted octanol–water partition coefficient (Wildman–Crippen LogP) is 3.42. The van der Waals surface area contributed by atoms with Crippen LogP contribution < -0.4 is 0 Å². The van der Waals surface area contributed by atoms with Crippen molar-refractivity contribution >= 4 is 17.5 Å². The second-order valence-corrected chi connectivity index (χ2v) is 5.51. The third-order valence-corrected chi connectivity index (χ3v) is 4.10. The van der Waals surface area contributed by atoms with Gasteiger partial charge in [0.1, 0.15) is 5.75 Å². The first-order chi connectivity index (χ1) is 10.2. The number of aromatic hydroxyl groups is 1. The topological polar surface area (TPSA) is 53.4 Å². The van der Waals surface area contributed by atoms with Gasteiger partial charge in [-0.3, -0.25) is 9.78 Å². The van der Waals surface area contributed by atoms with Crippen LogP contribution in [0, 0.1) is 0 Å². The van der Waals surface area contributed by atoms with Gasteiger partial charge in [-0.15, -0.1) is 0 Å². The van der Waals surface area contributed by atoms with Crippen LogP contribution in [0.2, 0.25) is 5.02 Å². The van der Waals surface area contributed by atoms with E-state index < -0.39 is 0 Å². The van der Waals surface area contributed by atoms with E-state index in [9.17, 15) is 9.90 Å². The van der Waals surface area contributed by atoms with Gasteiger partial charge in [-0.1, -0.05) is 11.6 Å². The van der Waals surface area contributed by atoms with E-state index >= 15 is 0 Å². The van der Waals surface area contributed by atoms with E-state index in [1.807, 2.05) is 17.0 Å². The van der Waals surface area contributed by atoms with Crippen LogP contribution in [0.1, 0.15) is 34.8 Å². The van der Waals surface area contributed by atoms with E-state index in [4.69, 9.17) is 11.6 Å². The molecule has 0 bridgehead atoms. The van der Waals surface area contributed by atoms with Crippen LogP contribution in [0.3, 0.4) is 0 Å². The summed E-state index contributed by atoms with van der Waals surface area (Å²) in [5.74, 6) is -0.0727. The summed E-state index contributed by atoms with van der Waals surface area (Å²) in [6.07, 6.45) is 5.41. The second-order valence-electron chi connectivity index (χ2n) is 5.10. The Hall–Kier alpha value is -2.07. The Kier molecular flexibility index (Phi) is 3.80. The minimum atomic E-state index is -0.0591. The number of hydrogen-bond acceptors (Lipinski definition) is 3. The maximum atomic E-state index is 12.7. The molecule has 3 rings (SSSR count). The molecule has 0 spiro atoms. The number of carbonyl (C=O) groups is 1. The average molecular weight is 303 g/mol. The third-order valence-electron chi connectivity index (χ3n) is 3.80. The number of rotatable bonds is 2. The number of amides is 1. The van der Waals surface area contributed by atoms with E-state index in [0.717, 1.165) is 24.9 Å². The van der Waals surface area contributed by atoms with E-state index in [-0.39, 0.29) is 22.7 Å². The number of aromatic nitrogens is 1. The zero-order chi connectivity index (χ0) is 14.8. The van der Waals surface area contributed by atoms with Crippen molar-refractivity contribution < 1.29 is 9.90 Å². The molecule has 2 aromatic rings. The van der Waals surface area contributed by atoms with Gasteiger partial charge in [0, 0.05) is 24.5 Å². The molecular weight excluding hydrogens is 288 g/mol. The molecule has 1 aliphatic rings. The number of pyridine rings is 1. The minimum absolute atomic E-state index is 0.0136. The van der Waals surface area contributed by atoms with Crippen molar-refractivity contribution in [2.45, 2.75) is 18.9 Å². The highest BCUT2D eigenvalue weighted by atomic mass is 35.5. The molecule has 1 atom stereocenters. The Morgan fingerprint density at radius 3 is 2.76 bits per heavy atom. The molecule has 0 unspecified atom stereocenters. The molecule has 1 saturated heterocycles. The summed E-state index contributed by atoms with van der Waals surface area (Å²) in [7, 11) is 0. The van der Waals surface area contributed by atoms with Gasteiger partial charge in [0.2, 0.25) is 0 Å². The van der Waals surface area contributed by atoms with Crippen molar-refractivity contribution in [1.82, 2.24) is 9.88 Å². The molecule has 0 saturated carbocycles. The van der Waals surface area contributed by atoms with Crippen LogP contribution in [0.5, 0.6) is 5.75 Å². The molecule has 0 aliphatic carbocycles. The first kappa shape index (κ1) is 13.9. The number of carbonyl (C=O) groups excluding carboxylic acids is 1. The van der Waals surface area contributed by atoms with E-state index in [1.54, 1.807) is 18.5 Å². The minimum Gasteiger partial charge on any atom is -0.506 e. The first-order valence-electron chi connectivity index (χ1n) is 6.86. The van der Waals surface area contributed by atoms with Gasteiger partial charge in [0.05, 0.1) is 11.1 Å². The second kappa shape index (κ2) is 5.74. The zero-order valence-corrected chi connectivity index (χ0v) is 12.1. The third kappa shape index (κ3) is 2.72. The largest absolute Gasteiger partial charge is 0.506 e. The summed E-state index contributed by atoms with van der Waals surface area (Å²) in [4.78, 5) is 18.5. The molecule has 1 aromatic heterocycles. The molecule has 21 heavy (non-hydrogen) atoms. The van der Waals surface area contributed by atoms with Gasteiger partial charge >= 0.3 is 0 Å². The smallest absolute Gasteiger partial charge is 0.254 e. The molecule has 1 aromatic carbocycles. The molecule has 0 radical (unpaired) electrons. The number of halogens is 1. The lowest BCUT2D eigenvalue weighted by Gasteiger charge is -2.25. The highest BCUT2D eigenvalue weighted by molar-refractivity contribution is 6.32. The number of phenols is 1. The predicted molar refractivity (Wildman–Crippen MR) is 80.4 cm³/mol. The van der Waals surface area contributed by atoms with E-state index in [1.165, 1.54) is 12.1 Å². The molecule has 2 heterocycles. The van der Waals surface area contributed by atoms with Crippen molar-refractivity contribution in [3.63, 3.8) is 0 Å². The van der Waals surface area contributed by atoms with E-state index in [0.29, 0.717) is 5.56 Å². The van der Waals surface area contributed by atoms with Crippen LogP contribution in [-0.4, -0.2) is 27.4 Å². The molecule has 1 N–H and O–H groups in total. The molecule has 1 aliphatic heterocycles. The Labute approximate surface area is 128 Å². The molecular formula is C16H15ClN2O2. The first-order valence-corrected chi connectivity index (χ1v) is 7.24. The highest BCUT2D eigenvalue weighted by Gasteiger charge is 2.30. The summed E-state index contributed by atoms with van der Waals surface area (Å²) in [5, 5.41) is 9.65. The summed E-state index contributed by atoms with van der Waals surface area (Å²) in [6.45, 7) is 0.727. The van der Waals surface area contributed by atoms with Gasteiger partial charge < -0.3 is 10.0 Å². The van der Waals surface area contributed by atoms with Crippen LogP contribution in [0.15, 0.2) is 42.7 Å². The van der Waals surface area contributed by atoms with Crippen molar-refractivity contribution in [1.29, 1.82) is 0 Å². The number of likely N-dealkylation sites (tertiary alicyclic amines) is 1. The van der Waals surface area contributed by atoms with Crippen LogP contribution >= 0.6 is 11.6 Å². The van der Waals surface area contributed by atoms with Crippen LogP contribution in [0.25, 0.3) is 0 Å². The lowest BCUT2D eigenvalue weighted by molar-refractivity contribution is 0.0735. The van der Waals surface area contributed by atoms with Gasteiger partial charge in [0.15, 0.2) is 0 Å². The van der Waals surface area contributed by atoms with Gasteiger partial charge in [-0.25, -0.2) is 0 Å².